The average Bonchev–Trinajstić information content (AvgIpc) is 3.19. The van der Waals surface area contributed by atoms with Crippen LogP contribution in [0.2, 0.25) is 0 Å². The van der Waals surface area contributed by atoms with Gasteiger partial charge in [-0.25, -0.2) is 0 Å². The second-order valence-corrected chi connectivity index (χ2v) is 13.2. The zero-order valence-corrected chi connectivity index (χ0v) is 25.0. The number of rotatable bonds is 13. The van der Waals surface area contributed by atoms with Gasteiger partial charge < -0.3 is 22.1 Å². The number of amides is 4. The molecule has 8 nitrogen and oxygen atoms in total. The number of nitrogens with one attached hydrogen (secondary N) is 2. The van der Waals surface area contributed by atoms with Gasteiger partial charge in [-0.05, 0) is 75.3 Å². The summed E-state index contributed by atoms with van der Waals surface area (Å²) >= 11 is 3.02. The highest BCUT2D eigenvalue weighted by molar-refractivity contribution is 7.17. The van der Waals surface area contributed by atoms with Gasteiger partial charge in [0.2, 0.25) is 11.8 Å². The standard InChI is InChI=1S/C30H42N4O4S2/c31-27(37)25-19-13-7-5-9-15-21(19)39-29(25)33-23(35)17-11-3-1-2-4-12-18-24(36)34-30-26(28(32)38)20-14-8-6-10-16-22(20)40-30/h1-18H2,(H2,31,37)(H2,32,38)(H,33,35)(H,34,36). The first-order valence-electron chi connectivity index (χ1n) is 14.8. The molecule has 6 N–H and O–H groups in total. The number of aryl methyl sites for hydroxylation is 2. The van der Waals surface area contributed by atoms with Crippen LogP contribution < -0.4 is 22.1 Å². The van der Waals surface area contributed by atoms with Gasteiger partial charge in [-0.2, -0.15) is 0 Å². The van der Waals surface area contributed by atoms with E-state index in [9.17, 15) is 19.2 Å². The van der Waals surface area contributed by atoms with Crippen LogP contribution in [0, 0.1) is 0 Å². The quantitative estimate of drug-likeness (QED) is 0.163. The molecule has 2 aromatic heterocycles. The molecule has 2 aliphatic rings. The Morgan fingerprint density at radius 3 is 1.32 bits per heavy atom. The number of carbonyl (C=O) groups is 4. The lowest BCUT2D eigenvalue weighted by Gasteiger charge is -2.07. The molecular formula is C30H42N4O4S2. The maximum atomic E-state index is 12.5. The lowest BCUT2D eigenvalue weighted by Crippen LogP contribution is -2.18. The summed E-state index contributed by atoms with van der Waals surface area (Å²) in [5.74, 6) is -1.06. The molecule has 10 heteroatoms. The highest BCUT2D eigenvalue weighted by atomic mass is 32.1. The van der Waals surface area contributed by atoms with Crippen LogP contribution in [0.3, 0.4) is 0 Å². The molecule has 0 atom stereocenters. The number of hydrogen-bond donors (Lipinski definition) is 4. The Morgan fingerprint density at radius 2 is 0.925 bits per heavy atom. The van der Waals surface area contributed by atoms with Gasteiger partial charge in [-0.15, -0.1) is 22.7 Å². The Hall–Kier alpha value is -2.72. The number of thiophene rings is 2. The third kappa shape index (κ3) is 7.94. The Morgan fingerprint density at radius 1 is 0.550 bits per heavy atom. The van der Waals surface area contributed by atoms with Crippen LogP contribution >= 0.6 is 22.7 Å². The van der Waals surface area contributed by atoms with Crippen molar-refractivity contribution in [2.75, 3.05) is 10.6 Å². The molecule has 2 aliphatic carbocycles. The van der Waals surface area contributed by atoms with E-state index in [1.807, 2.05) is 0 Å². The third-order valence-corrected chi connectivity index (χ3v) is 10.3. The van der Waals surface area contributed by atoms with Gasteiger partial charge >= 0.3 is 0 Å². The molecule has 0 spiro atoms. The van der Waals surface area contributed by atoms with Crippen LogP contribution in [0.1, 0.15) is 131 Å². The monoisotopic (exact) mass is 586 g/mol. The van der Waals surface area contributed by atoms with E-state index in [4.69, 9.17) is 11.5 Å². The lowest BCUT2D eigenvalue weighted by molar-refractivity contribution is -0.117. The van der Waals surface area contributed by atoms with Crippen molar-refractivity contribution in [1.29, 1.82) is 0 Å². The fourth-order valence-electron chi connectivity index (χ4n) is 5.84. The smallest absolute Gasteiger partial charge is 0.251 e. The number of carbonyl (C=O) groups excluding carboxylic acids is 4. The van der Waals surface area contributed by atoms with Crippen LogP contribution in [-0.4, -0.2) is 23.6 Å². The minimum atomic E-state index is -0.457. The minimum absolute atomic E-state index is 0.0724. The highest BCUT2D eigenvalue weighted by Crippen LogP contribution is 2.38. The van der Waals surface area contributed by atoms with E-state index >= 15 is 0 Å². The molecule has 0 bridgehead atoms. The first kappa shape index (κ1) is 30.2. The Balaban J connectivity index is 1.12. The van der Waals surface area contributed by atoms with Crippen LogP contribution in [0.4, 0.5) is 10.0 Å². The SMILES string of the molecule is NC(=O)c1c(NC(=O)CCCCCCCCC(=O)Nc2sc3c(c2C(N)=O)CCCCC3)sc2c1CCCCC2. The van der Waals surface area contributed by atoms with Gasteiger partial charge in [0.25, 0.3) is 11.8 Å². The Labute approximate surface area is 244 Å². The van der Waals surface area contributed by atoms with E-state index in [1.165, 1.54) is 32.4 Å². The first-order valence-corrected chi connectivity index (χ1v) is 16.5. The summed E-state index contributed by atoms with van der Waals surface area (Å²) in [7, 11) is 0. The molecule has 0 radical (unpaired) electrons. The van der Waals surface area contributed by atoms with E-state index in [-0.39, 0.29) is 11.8 Å². The maximum absolute atomic E-state index is 12.5. The van der Waals surface area contributed by atoms with Crippen molar-refractivity contribution >= 4 is 56.3 Å². The maximum Gasteiger partial charge on any atom is 0.251 e. The lowest BCUT2D eigenvalue weighted by atomic mass is 10.0. The number of primary amides is 2. The molecule has 218 valence electrons. The summed E-state index contributed by atoms with van der Waals surface area (Å²) < 4.78 is 0. The van der Waals surface area contributed by atoms with Crippen LogP contribution in [0.15, 0.2) is 0 Å². The summed E-state index contributed by atoms with van der Waals surface area (Å²) in [6.07, 6.45) is 16.5. The van der Waals surface area contributed by atoms with Gasteiger partial charge in [0.05, 0.1) is 11.1 Å². The van der Waals surface area contributed by atoms with Gasteiger partial charge in [-0.1, -0.05) is 38.5 Å². The van der Waals surface area contributed by atoms with E-state index in [0.29, 0.717) is 34.0 Å². The van der Waals surface area contributed by atoms with Gasteiger partial charge in [0.15, 0.2) is 0 Å². The third-order valence-electron chi connectivity index (χ3n) is 7.90. The molecule has 4 amide bonds. The second-order valence-electron chi connectivity index (χ2n) is 11.0. The summed E-state index contributed by atoms with van der Waals surface area (Å²) in [4.78, 5) is 51.7. The van der Waals surface area contributed by atoms with E-state index in [1.54, 1.807) is 0 Å². The predicted octanol–water partition coefficient (Wildman–Crippen LogP) is 6.24. The molecule has 0 aromatic carbocycles. The molecule has 2 heterocycles. The van der Waals surface area contributed by atoms with Crippen molar-refractivity contribution in [3.8, 4) is 0 Å². The largest absolute Gasteiger partial charge is 0.365 e. The van der Waals surface area contributed by atoms with Crippen molar-refractivity contribution in [3.05, 3.63) is 32.0 Å². The zero-order valence-electron chi connectivity index (χ0n) is 23.3. The highest BCUT2D eigenvalue weighted by Gasteiger charge is 2.25. The van der Waals surface area contributed by atoms with Crippen LogP contribution in [-0.2, 0) is 35.3 Å². The fourth-order valence-corrected chi connectivity index (χ4v) is 8.46. The zero-order chi connectivity index (χ0) is 28.5. The van der Waals surface area contributed by atoms with Gasteiger partial charge in [-0.3, -0.25) is 19.2 Å². The summed E-state index contributed by atoms with van der Waals surface area (Å²) in [5, 5.41) is 7.13. The van der Waals surface area contributed by atoms with Crippen LogP contribution in [0.25, 0.3) is 0 Å². The van der Waals surface area contributed by atoms with Gasteiger partial charge in [0, 0.05) is 22.6 Å². The van der Waals surface area contributed by atoms with Crippen molar-refractivity contribution in [2.45, 2.75) is 116 Å². The molecule has 0 unspecified atom stereocenters. The summed E-state index contributed by atoms with van der Waals surface area (Å²) in [5.41, 5.74) is 14.4. The molecule has 0 fully saturated rings. The molecular weight excluding hydrogens is 544 g/mol. The summed E-state index contributed by atoms with van der Waals surface area (Å²) in [6.45, 7) is 0. The number of unbranched alkanes of at least 4 members (excludes halogenated alkanes) is 5. The van der Waals surface area contributed by atoms with Gasteiger partial charge in [0.1, 0.15) is 10.0 Å². The predicted molar refractivity (Wildman–Crippen MR) is 162 cm³/mol. The Kier molecular flexibility index (Phi) is 11.2. The Bertz CT molecular complexity index is 1140. The molecule has 0 aliphatic heterocycles. The topological polar surface area (TPSA) is 144 Å². The normalized spacial score (nSPS) is 14.9. The van der Waals surface area contributed by atoms with Crippen molar-refractivity contribution < 1.29 is 19.2 Å². The molecule has 2 aromatic rings. The van der Waals surface area contributed by atoms with Crippen molar-refractivity contribution in [2.24, 2.45) is 11.5 Å². The summed E-state index contributed by atoms with van der Waals surface area (Å²) in [6, 6.07) is 0. The fraction of sp³-hybridized carbons (Fsp3) is 0.600. The number of nitrogens with two attached hydrogens (primary N) is 2. The second kappa shape index (κ2) is 14.8. The number of fused-ring (bicyclic) bond motifs is 2. The van der Waals surface area contributed by atoms with E-state index < -0.39 is 11.8 Å². The molecule has 0 saturated carbocycles. The number of hydrogen-bond acceptors (Lipinski definition) is 6. The average molecular weight is 587 g/mol. The van der Waals surface area contributed by atoms with E-state index in [0.717, 1.165) is 114 Å². The van der Waals surface area contributed by atoms with Crippen molar-refractivity contribution in [1.82, 2.24) is 0 Å². The molecule has 0 saturated heterocycles. The molecule has 4 rings (SSSR count). The van der Waals surface area contributed by atoms with E-state index in [2.05, 4.69) is 10.6 Å². The number of anilines is 2. The van der Waals surface area contributed by atoms with Crippen molar-refractivity contribution in [3.63, 3.8) is 0 Å². The minimum Gasteiger partial charge on any atom is -0.365 e. The first-order chi connectivity index (χ1) is 19.3. The van der Waals surface area contributed by atoms with Crippen LogP contribution in [0.5, 0.6) is 0 Å². The molecule has 40 heavy (non-hydrogen) atoms.